The zero-order chi connectivity index (χ0) is 12.1. The van der Waals surface area contributed by atoms with E-state index in [1.807, 2.05) is 0 Å². The van der Waals surface area contributed by atoms with Crippen molar-refractivity contribution in [1.29, 1.82) is 0 Å². The molecule has 1 fully saturated rings. The van der Waals surface area contributed by atoms with Gasteiger partial charge in [-0.3, -0.25) is 0 Å². The number of nitrogen functional groups attached to an aromatic ring is 1. The molecule has 1 aliphatic carbocycles. The maximum Gasteiger partial charge on any atom is 0.147 e. The normalized spacial score (nSPS) is 17.0. The molecule has 17 heavy (non-hydrogen) atoms. The Labute approximate surface area is 102 Å². The van der Waals surface area contributed by atoms with Gasteiger partial charge in [0.25, 0.3) is 0 Å². The molecule has 1 aromatic heterocycles. The lowest BCUT2D eigenvalue weighted by Gasteiger charge is -2.34. The van der Waals surface area contributed by atoms with E-state index in [9.17, 15) is 0 Å². The highest BCUT2D eigenvalue weighted by molar-refractivity contribution is 5.40. The van der Waals surface area contributed by atoms with Gasteiger partial charge in [-0.05, 0) is 12.8 Å². The van der Waals surface area contributed by atoms with Crippen LogP contribution in [0.5, 0.6) is 0 Å². The summed E-state index contributed by atoms with van der Waals surface area (Å²) >= 11 is 0. The van der Waals surface area contributed by atoms with Crippen molar-refractivity contribution in [2.75, 3.05) is 23.8 Å². The smallest absolute Gasteiger partial charge is 0.147 e. The second-order valence-corrected chi connectivity index (χ2v) is 4.51. The number of nitrogens with two attached hydrogens (primary N) is 1. The minimum Gasteiger partial charge on any atom is -0.395 e. The molecule has 1 heterocycles. The Kier molecular flexibility index (Phi) is 4.14. The van der Waals surface area contributed by atoms with Crippen molar-refractivity contribution >= 4 is 11.6 Å². The molecule has 0 aliphatic heterocycles. The van der Waals surface area contributed by atoms with E-state index in [2.05, 4.69) is 14.9 Å². The maximum atomic E-state index is 9.17. The quantitative estimate of drug-likeness (QED) is 0.821. The van der Waals surface area contributed by atoms with Crippen LogP contribution in [0.15, 0.2) is 12.4 Å². The van der Waals surface area contributed by atoms with Gasteiger partial charge in [0.05, 0.1) is 19.0 Å². The first-order chi connectivity index (χ1) is 8.31. The van der Waals surface area contributed by atoms with Gasteiger partial charge >= 0.3 is 0 Å². The number of nitrogens with zero attached hydrogens (tertiary/aromatic N) is 3. The highest BCUT2D eigenvalue weighted by Gasteiger charge is 2.21. The minimum absolute atomic E-state index is 0.141. The molecule has 5 nitrogen and oxygen atoms in total. The molecule has 1 saturated carbocycles. The van der Waals surface area contributed by atoms with Crippen LogP contribution in [0.1, 0.15) is 32.1 Å². The molecule has 0 atom stereocenters. The predicted octanol–water partition coefficient (Wildman–Crippen LogP) is 1.19. The number of hydrogen-bond donors (Lipinski definition) is 2. The van der Waals surface area contributed by atoms with Gasteiger partial charge in [-0.15, -0.1) is 0 Å². The van der Waals surface area contributed by atoms with Crippen molar-refractivity contribution in [3.63, 3.8) is 0 Å². The fourth-order valence-corrected chi connectivity index (χ4v) is 2.46. The first-order valence-corrected chi connectivity index (χ1v) is 6.26. The van der Waals surface area contributed by atoms with Crippen LogP contribution in [-0.2, 0) is 0 Å². The molecule has 0 unspecified atom stereocenters. The van der Waals surface area contributed by atoms with E-state index in [1.54, 1.807) is 12.4 Å². The highest BCUT2D eigenvalue weighted by Crippen LogP contribution is 2.25. The highest BCUT2D eigenvalue weighted by atomic mass is 16.3. The van der Waals surface area contributed by atoms with E-state index < -0.39 is 0 Å². The lowest BCUT2D eigenvalue weighted by molar-refractivity contribution is 0.289. The summed E-state index contributed by atoms with van der Waals surface area (Å²) in [6.45, 7) is 0.756. The van der Waals surface area contributed by atoms with Gasteiger partial charge < -0.3 is 15.7 Å². The van der Waals surface area contributed by atoms with E-state index in [1.165, 1.54) is 32.1 Å². The van der Waals surface area contributed by atoms with Gasteiger partial charge in [0, 0.05) is 12.6 Å². The molecule has 2 rings (SSSR count). The molecular formula is C12H20N4O. The van der Waals surface area contributed by atoms with Crippen molar-refractivity contribution in [3.05, 3.63) is 12.4 Å². The van der Waals surface area contributed by atoms with Gasteiger partial charge in [-0.1, -0.05) is 19.3 Å². The zero-order valence-electron chi connectivity index (χ0n) is 10.0. The molecule has 1 aliphatic rings. The molecular weight excluding hydrogens is 216 g/mol. The Bertz CT molecular complexity index is 335. The Morgan fingerprint density at radius 2 is 2.00 bits per heavy atom. The lowest BCUT2D eigenvalue weighted by Crippen LogP contribution is -2.39. The molecule has 0 bridgehead atoms. The van der Waals surface area contributed by atoms with Crippen LogP contribution in [0.25, 0.3) is 0 Å². The fraction of sp³-hybridized carbons (Fsp3) is 0.667. The van der Waals surface area contributed by atoms with Crippen LogP contribution >= 0.6 is 0 Å². The molecule has 0 radical (unpaired) electrons. The molecule has 3 N–H and O–H groups in total. The zero-order valence-corrected chi connectivity index (χ0v) is 10.0. The van der Waals surface area contributed by atoms with Gasteiger partial charge in [0.2, 0.25) is 0 Å². The Morgan fingerprint density at radius 3 is 2.59 bits per heavy atom. The minimum atomic E-state index is 0.141. The third-order valence-electron chi connectivity index (χ3n) is 3.31. The number of aromatic nitrogens is 2. The van der Waals surface area contributed by atoms with Gasteiger partial charge in [0.1, 0.15) is 11.6 Å². The molecule has 5 heteroatoms. The number of rotatable bonds is 4. The topological polar surface area (TPSA) is 75.3 Å². The van der Waals surface area contributed by atoms with Gasteiger partial charge in [0.15, 0.2) is 0 Å². The lowest BCUT2D eigenvalue weighted by atomic mass is 9.94. The summed E-state index contributed by atoms with van der Waals surface area (Å²) in [7, 11) is 0. The largest absolute Gasteiger partial charge is 0.395 e. The first-order valence-electron chi connectivity index (χ1n) is 6.26. The monoisotopic (exact) mass is 236 g/mol. The molecule has 94 valence electrons. The third-order valence-corrected chi connectivity index (χ3v) is 3.31. The van der Waals surface area contributed by atoms with Gasteiger partial charge in [-0.2, -0.15) is 0 Å². The Balaban J connectivity index is 2.12. The summed E-state index contributed by atoms with van der Waals surface area (Å²) in [5, 5.41) is 9.17. The SMILES string of the molecule is Nc1cnc(N(CCO)C2CCCCC2)cn1. The summed E-state index contributed by atoms with van der Waals surface area (Å²) < 4.78 is 0. The molecule has 0 spiro atoms. The van der Waals surface area contributed by atoms with Crippen molar-refractivity contribution in [2.24, 2.45) is 0 Å². The van der Waals surface area contributed by atoms with E-state index in [0.717, 1.165) is 5.82 Å². The van der Waals surface area contributed by atoms with E-state index >= 15 is 0 Å². The van der Waals surface area contributed by atoms with Crippen LogP contribution in [0, 0.1) is 0 Å². The van der Waals surface area contributed by atoms with Crippen LogP contribution in [-0.4, -0.2) is 34.3 Å². The molecule has 0 saturated heterocycles. The summed E-state index contributed by atoms with van der Waals surface area (Å²) in [5.41, 5.74) is 5.54. The number of aliphatic hydroxyl groups is 1. The summed E-state index contributed by atoms with van der Waals surface area (Å²) in [6.07, 6.45) is 9.45. The molecule has 0 amide bonds. The predicted molar refractivity (Wildman–Crippen MR) is 67.7 cm³/mol. The molecule has 0 aromatic carbocycles. The number of anilines is 2. The Hall–Kier alpha value is -1.36. The number of hydrogen-bond acceptors (Lipinski definition) is 5. The summed E-state index contributed by atoms with van der Waals surface area (Å²) in [5.74, 6) is 1.25. The summed E-state index contributed by atoms with van der Waals surface area (Å²) in [4.78, 5) is 10.5. The van der Waals surface area contributed by atoms with Crippen LogP contribution in [0.4, 0.5) is 11.6 Å². The second kappa shape index (κ2) is 5.82. The van der Waals surface area contributed by atoms with E-state index in [-0.39, 0.29) is 6.61 Å². The first kappa shape index (κ1) is 12.1. The maximum absolute atomic E-state index is 9.17. The Morgan fingerprint density at radius 1 is 1.24 bits per heavy atom. The number of aliphatic hydroxyl groups excluding tert-OH is 1. The second-order valence-electron chi connectivity index (χ2n) is 4.51. The molecule has 1 aromatic rings. The summed E-state index contributed by atoms with van der Waals surface area (Å²) in [6, 6.07) is 0.480. The average Bonchev–Trinajstić information content (AvgIpc) is 2.38. The third kappa shape index (κ3) is 3.06. The van der Waals surface area contributed by atoms with Crippen LogP contribution in [0.3, 0.4) is 0 Å². The van der Waals surface area contributed by atoms with Gasteiger partial charge in [-0.25, -0.2) is 9.97 Å². The standard InChI is InChI=1S/C12H20N4O/c13-11-8-15-12(9-14-11)16(6-7-17)10-4-2-1-3-5-10/h8-10,17H,1-7H2,(H2,13,14). The van der Waals surface area contributed by atoms with Crippen molar-refractivity contribution < 1.29 is 5.11 Å². The van der Waals surface area contributed by atoms with E-state index in [4.69, 9.17) is 10.8 Å². The van der Waals surface area contributed by atoms with E-state index in [0.29, 0.717) is 18.4 Å². The average molecular weight is 236 g/mol. The fourth-order valence-electron chi connectivity index (χ4n) is 2.46. The van der Waals surface area contributed by atoms with Crippen molar-refractivity contribution in [3.8, 4) is 0 Å². The van der Waals surface area contributed by atoms with Crippen molar-refractivity contribution in [1.82, 2.24) is 9.97 Å². The van der Waals surface area contributed by atoms with Crippen LogP contribution < -0.4 is 10.6 Å². The van der Waals surface area contributed by atoms with Crippen molar-refractivity contribution in [2.45, 2.75) is 38.1 Å². The van der Waals surface area contributed by atoms with Crippen LogP contribution in [0.2, 0.25) is 0 Å².